The molecule has 2 aromatic rings. The van der Waals surface area contributed by atoms with Crippen molar-refractivity contribution in [1.29, 1.82) is 0 Å². The second-order valence-corrected chi connectivity index (χ2v) is 8.07. The van der Waals surface area contributed by atoms with Crippen molar-refractivity contribution < 1.29 is 23.8 Å². The van der Waals surface area contributed by atoms with Gasteiger partial charge in [-0.3, -0.25) is 0 Å². The molecule has 27 heavy (non-hydrogen) atoms. The lowest BCUT2D eigenvalue weighted by atomic mass is 9.78. The Morgan fingerprint density at radius 2 is 2.00 bits per heavy atom. The van der Waals surface area contributed by atoms with Gasteiger partial charge in [-0.05, 0) is 51.7 Å². The summed E-state index contributed by atoms with van der Waals surface area (Å²) in [6, 6.07) is 1.88. The second-order valence-electron chi connectivity index (χ2n) is 8.07. The lowest BCUT2D eigenvalue weighted by Crippen LogP contribution is -2.38. The minimum absolute atomic E-state index is 0.0252. The molecule has 1 aromatic carbocycles. The number of rotatable bonds is 8. The van der Waals surface area contributed by atoms with Gasteiger partial charge in [0, 0.05) is 17.9 Å². The van der Waals surface area contributed by atoms with Gasteiger partial charge in [0.15, 0.2) is 5.58 Å². The Morgan fingerprint density at radius 1 is 1.26 bits per heavy atom. The van der Waals surface area contributed by atoms with Crippen molar-refractivity contribution in [2.45, 2.75) is 77.7 Å². The number of Topliss-reactive ketones (excluding diaryl/α,β-unsaturated/α-hetero) is 1. The van der Waals surface area contributed by atoms with E-state index in [-0.39, 0.29) is 17.3 Å². The van der Waals surface area contributed by atoms with Gasteiger partial charge >= 0.3 is 5.97 Å². The molecule has 3 rings (SSSR count). The Labute approximate surface area is 159 Å². The smallest absolute Gasteiger partial charge is 0.339 e. The van der Waals surface area contributed by atoms with Gasteiger partial charge in [0.2, 0.25) is 0 Å². The summed E-state index contributed by atoms with van der Waals surface area (Å²) in [6.07, 6.45) is 6.51. The summed E-state index contributed by atoms with van der Waals surface area (Å²) in [5, 5.41) is 10.6. The highest BCUT2D eigenvalue weighted by molar-refractivity contribution is 6.06. The molecule has 0 saturated heterocycles. The van der Waals surface area contributed by atoms with Crippen molar-refractivity contribution in [3.05, 3.63) is 29.0 Å². The molecule has 1 aliphatic heterocycles. The predicted molar refractivity (Wildman–Crippen MR) is 104 cm³/mol. The first-order valence-corrected chi connectivity index (χ1v) is 9.75. The third kappa shape index (κ3) is 3.60. The number of benzene rings is 1. The minimum Gasteiger partial charge on any atom is -0.486 e. The van der Waals surface area contributed by atoms with Crippen LogP contribution in [-0.2, 0) is 11.2 Å². The fourth-order valence-corrected chi connectivity index (χ4v) is 4.17. The van der Waals surface area contributed by atoms with E-state index in [0.717, 1.165) is 35.8 Å². The summed E-state index contributed by atoms with van der Waals surface area (Å²) in [5.41, 5.74) is 1.84. The third-order valence-electron chi connectivity index (χ3n) is 5.56. The monoisotopic (exact) mass is 372 g/mol. The minimum atomic E-state index is -0.973. The number of ketones is 1. The summed E-state index contributed by atoms with van der Waals surface area (Å²) in [4.78, 5) is 23.5. The number of carbonyl (C=O) groups is 2. The summed E-state index contributed by atoms with van der Waals surface area (Å²) in [6.45, 7) is 7.74. The Kier molecular flexibility index (Phi) is 5.31. The van der Waals surface area contributed by atoms with Crippen LogP contribution >= 0.6 is 0 Å². The van der Waals surface area contributed by atoms with Crippen molar-refractivity contribution >= 4 is 22.7 Å². The SMILES string of the molecule is CCCCCc1cc2c3c(coc3c1C(=O)O)[C@@H](CCC(C)=O)C(C)(C)O2. The number of unbranched alkanes of at least 4 members (excludes halogenated alkanes) is 2. The van der Waals surface area contributed by atoms with E-state index in [1.54, 1.807) is 13.2 Å². The fourth-order valence-electron chi connectivity index (χ4n) is 4.17. The maximum Gasteiger partial charge on any atom is 0.339 e. The molecule has 0 aliphatic carbocycles. The zero-order valence-electron chi connectivity index (χ0n) is 16.6. The van der Waals surface area contributed by atoms with Gasteiger partial charge in [-0.15, -0.1) is 0 Å². The molecule has 0 amide bonds. The average molecular weight is 372 g/mol. The molecule has 0 radical (unpaired) electrons. The van der Waals surface area contributed by atoms with Crippen LogP contribution in [0.15, 0.2) is 16.7 Å². The molecule has 0 bridgehead atoms. The molecule has 2 heterocycles. The van der Waals surface area contributed by atoms with Crippen LogP contribution < -0.4 is 4.74 Å². The Balaban J connectivity index is 2.12. The highest BCUT2D eigenvalue weighted by Gasteiger charge is 2.41. The maximum atomic E-state index is 12.0. The number of carbonyl (C=O) groups excluding carboxylic acids is 1. The highest BCUT2D eigenvalue weighted by Crippen LogP contribution is 2.49. The summed E-state index contributed by atoms with van der Waals surface area (Å²) >= 11 is 0. The molecule has 0 saturated carbocycles. The highest BCUT2D eigenvalue weighted by atomic mass is 16.5. The maximum absolute atomic E-state index is 12.0. The number of carboxylic acids is 1. The third-order valence-corrected chi connectivity index (χ3v) is 5.56. The molecule has 5 nitrogen and oxygen atoms in total. The Morgan fingerprint density at radius 3 is 2.63 bits per heavy atom. The lowest BCUT2D eigenvalue weighted by molar-refractivity contribution is -0.117. The fraction of sp³-hybridized carbons (Fsp3) is 0.545. The standard InChI is InChI=1S/C22H28O5/c1-5-6-7-8-14-11-17-19-15(12-26-20(19)18(14)21(24)25)16(10-9-13(2)23)22(3,4)27-17/h11-12,16H,5-10H2,1-4H3,(H,24,25)/t16-/m1/s1. The van der Waals surface area contributed by atoms with E-state index in [9.17, 15) is 14.7 Å². The van der Waals surface area contributed by atoms with Crippen LogP contribution in [0.5, 0.6) is 5.75 Å². The molecule has 1 aromatic heterocycles. The van der Waals surface area contributed by atoms with Gasteiger partial charge in [-0.25, -0.2) is 4.79 Å². The number of hydrogen-bond acceptors (Lipinski definition) is 4. The molecule has 0 spiro atoms. The van der Waals surface area contributed by atoms with Crippen molar-refractivity contribution in [2.24, 2.45) is 0 Å². The largest absolute Gasteiger partial charge is 0.486 e. The van der Waals surface area contributed by atoms with Crippen molar-refractivity contribution in [2.75, 3.05) is 0 Å². The molecule has 1 aliphatic rings. The average Bonchev–Trinajstić information content (AvgIpc) is 2.98. The van der Waals surface area contributed by atoms with Crippen LogP contribution in [0.2, 0.25) is 0 Å². The summed E-state index contributed by atoms with van der Waals surface area (Å²) in [5.74, 6) is -0.176. The van der Waals surface area contributed by atoms with Crippen molar-refractivity contribution in [3.63, 3.8) is 0 Å². The zero-order valence-corrected chi connectivity index (χ0v) is 16.6. The first-order chi connectivity index (χ1) is 12.8. The molecular weight excluding hydrogens is 344 g/mol. The molecule has 5 heteroatoms. The van der Waals surface area contributed by atoms with Gasteiger partial charge in [-0.1, -0.05) is 19.8 Å². The van der Waals surface area contributed by atoms with Gasteiger partial charge in [0.05, 0.1) is 11.6 Å². The predicted octanol–water partition coefficient (Wildman–Crippen LogP) is 5.49. The van der Waals surface area contributed by atoms with Gasteiger partial charge in [0.1, 0.15) is 22.7 Å². The van der Waals surface area contributed by atoms with E-state index < -0.39 is 11.6 Å². The first kappa shape index (κ1) is 19.5. The molecule has 146 valence electrons. The molecule has 1 N–H and O–H groups in total. The van der Waals surface area contributed by atoms with Crippen LogP contribution in [0, 0.1) is 0 Å². The number of furan rings is 1. The summed E-state index contributed by atoms with van der Waals surface area (Å²) < 4.78 is 12.1. The Hall–Kier alpha value is -2.30. The molecular formula is C22H28O5. The number of aryl methyl sites for hydroxylation is 1. The van der Waals surface area contributed by atoms with Gasteiger partial charge in [0.25, 0.3) is 0 Å². The van der Waals surface area contributed by atoms with E-state index >= 15 is 0 Å². The van der Waals surface area contributed by atoms with Crippen LogP contribution in [0.25, 0.3) is 11.0 Å². The van der Waals surface area contributed by atoms with Crippen molar-refractivity contribution in [3.8, 4) is 5.75 Å². The molecule has 1 atom stereocenters. The molecule has 0 fully saturated rings. The van der Waals surface area contributed by atoms with Crippen molar-refractivity contribution in [1.82, 2.24) is 0 Å². The molecule has 0 unspecified atom stereocenters. The van der Waals surface area contributed by atoms with Crippen LogP contribution in [-0.4, -0.2) is 22.5 Å². The number of aromatic carboxylic acids is 1. The first-order valence-electron chi connectivity index (χ1n) is 9.75. The van der Waals surface area contributed by atoms with Gasteiger partial charge in [-0.2, -0.15) is 0 Å². The number of ether oxygens (including phenoxy) is 1. The van der Waals surface area contributed by atoms with E-state index in [1.807, 2.05) is 19.9 Å². The number of hydrogen-bond donors (Lipinski definition) is 1. The van der Waals surface area contributed by atoms with E-state index in [4.69, 9.17) is 9.15 Å². The topological polar surface area (TPSA) is 76.7 Å². The second kappa shape index (κ2) is 7.37. The zero-order chi connectivity index (χ0) is 19.8. The summed E-state index contributed by atoms with van der Waals surface area (Å²) in [7, 11) is 0. The van der Waals surface area contributed by atoms with Crippen LogP contribution in [0.3, 0.4) is 0 Å². The van der Waals surface area contributed by atoms with E-state index in [1.165, 1.54) is 0 Å². The van der Waals surface area contributed by atoms with Gasteiger partial charge < -0.3 is 19.1 Å². The van der Waals surface area contributed by atoms with E-state index in [0.29, 0.717) is 30.6 Å². The Bertz CT molecular complexity index is 874. The van der Waals surface area contributed by atoms with E-state index in [2.05, 4.69) is 6.92 Å². The normalized spacial score (nSPS) is 17.7. The van der Waals surface area contributed by atoms with Crippen LogP contribution in [0.4, 0.5) is 0 Å². The quantitative estimate of drug-likeness (QED) is 0.620. The lowest BCUT2D eigenvalue weighted by Gasteiger charge is -2.38. The van der Waals surface area contributed by atoms with Crippen LogP contribution in [0.1, 0.15) is 87.2 Å². The number of carboxylic acid groups (broad SMARTS) is 1.